The fourth-order valence-corrected chi connectivity index (χ4v) is 12.1. The van der Waals surface area contributed by atoms with Crippen LogP contribution in [-0.4, -0.2) is 0 Å². The highest BCUT2D eigenvalue weighted by Crippen LogP contribution is 2.68. The fourth-order valence-electron chi connectivity index (χ4n) is 12.1. The van der Waals surface area contributed by atoms with Crippen LogP contribution >= 0.6 is 0 Å². The van der Waals surface area contributed by atoms with Crippen molar-refractivity contribution in [2.45, 2.75) is 46.0 Å². The summed E-state index contributed by atoms with van der Waals surface area (Å²) in [6.45, 7) is 8.62. The predicted molar refractivity (Wildman–Crippen MR) is 285 cm³/mol. The monoisotopic (exact) mass is 888 g/mol. The Balaban J connectivity index is 1.21. The largest absolute Gasteiger partial charge is 0.454 e. The Morgan fingerprint density at radius 3 is 1.38 bits per heavy atom. The van der Waals surface area contributed by atoms with E-state index in [1.165, 1.54) is 77.7 Å². The van der Waals surface area contributed by atoms with Gasteiger partial charge in [0, 0.05) is 44.5 Å². The first-order chi connectivity index (χ1) is 33.9. The smallest absolute Gasteiger partial charge is 0.160 e. The molecule has 14 rings (SSSR count). The molecule has 330 valence electrons. The lowest BCUT2D eigenvalue weighted by atomic mass is 9.70. The van der Waals surface area contributed by atoms with Crippen LogP contribution in [0.3, 0.4) is 0 Å². The van der Waals surface area contributed by atoms with E-state index < -0.39 is 5.41 Å². The molecule has 0 N–H and O–H groups in total. The minimum absolute atomic E-state index is 0.727. The molecule has 0 amide bonds. The van der Waals surface area contributed by atoms with Gasteiger partial charge in [0.15, 0.2) is 11.2 Å². The summed E-state index contributed by atoms with van der Waals surface area (Å²) < 4.78 is 14.6. The van der Waals surface area contributed by atoms with E-state index in [9.17, 15) is 0 Å². The molecule has 0 radical (unpaired) electrons. The van der Waals surface area contributed by atoms with Gasteiger partial charge in [0.1, 0.15) is 11.3 Å². The van der Waals surface area contributed by atoms with Gasteiger partial charge in [-0.15, -0.1) is 0 Å². The molecule has 69 heavy (non-hydrogen) atoms. The van der Waals surface area contributed by atoms with E-state index in [-0.39, 0.29) is 0 Å². The van der Waals surface area contributed by atoms with E-state index in [0.717, 1.165) is 80.2 Å². The van der Waals surface area contributed by atoms with Crippen molar-refractivity contribution in [1.82, 2.24) is 0 Å². The van der Waals surface area contributed by atoms with Crippen molar-refractivity contribution < 1.29 is 8.83 Å². The molecule has 11 aromatic rings. The number of anilines is 6. The van der Waals surface area contributed by atoms with Gasteiger partial charge in [-0.25, -0.2) is 0 Å². The van der Waals surface area contributed by atoms with Crippen molar-refractivity contribution in [2.75, 3.05) is 9.80 Å². The van der Waals surface area contributed by atoms with Crippen LogP contribution in [0.25, 0.3) is 61.2 Å². The number of hydrogen-bond donors (Lipinski definition) is 0. The van der Waals surface area contributed by atoms with Crippen molar-refractivity contribution in [3.63, 3.8) is 0 Å². The Kier molecular flexibility index (Phi) is 8.55. The second-order valence-corrected chi connectivity index (χ2v) is 19.4. The summed E-state index contributed by atoms with van der Waals surface area (Å²) in [4.78, 5) is 4.84. The van der Waals surface area contributed by atoms with Crippen molar-refractivity contribution in [2.24, 2.45) is 0 Å². The van der Waals surface area contributed by atoms with Crippen LogP contribution in [0.1, 0.15) is 62.3 Å². The quantitative estimate of drug-likeness (QED) is 0.167. The van der Waals surface area contributed by atoms with E-state index in [0.29, 0.717) is 0 Å². The number of hydrogen-bond acceptors (Lipinski definition) is 4. The highest BCUT2D eigenvalue weighted by molar-refractivity contribution is 6.24. The molecule has 3 aliphatic rings. The molecule has 0 atom stereocenters. The minimum Gasteiger partial charge on any atom is -0.454 e. The Bertz CT molecular complexity index is 3790. The standard InChI is InChI=1S/C65H48N2O2/c1-39-21-29-43(30-22-39)66(44-31-23-40(2)24-32-44)55-37-53-61(59-49-15-7-11-19-57(49)68-63(55)59)62-54(65(53)51-17-9-5-13-47(51)48-14-6-10-18-52(48)65)38-56(64-60(62)50-16-8-12-20-58(50)69-64)67(45-33-25-41(3)26-34-45)46-35-27-42(4)28-36-46/h5-7,9-15,17-38H,8,16H2,1-4H3. The molecule has 1 spiro atoms. The van der Waals surface area contributed by atoms with Crippen molar-refractivity contribution in [1.29, 1.82) is 0 Å². The van der Waals surface area contributed by atoms with Crippen molar-refractivity contribution >= 4 is 73.1 Å². The topological polar surface area (TPSA) is 32.8 Å². The summed E-state index contributed by atoms with van der Waals surface area (Å²) in [5.41, 5.74) is 24.3. The number of rotatable bonds is 6. The maximum Gasteiger partial charge on any atom is 0.160 e. The summed E-state index contributed by atoms with van der Waals surface area (Å²) in [7, 11) is 0. The first-order valence-corrected chi connectivity index (χ1v) is 24.2. The van der Waals surface area contributed by atoms with Gasteiger partial charge in [-0.05, 0) is 158 Å². The van der Waals surface area contributed by atoms with Crippen LogP contribution in [0, 0.1) is 27.7 Å². The first-order valence-electron chi connectivity index (χ1n) is 24.2. The van der Waals surface area contributed by atoms with Crippen LogP contribution in [0.5, 0.6) is 0 Å². The second-order valence-electron chi connectivity index (χ2n) is 19.4. The highest BCUT2D eigenvalue weighted by atomic mass is 16.3. The molecule has 0 bridgehead atoms. The molecule has 4 nitrogen and oxygen atoms in total. The van der Waals surface area contributed by atoms with Crippen LogP contribution in [0.2, 0.25) is 0 Å². The third-order valence-electron chi connectivity index (χ3n) is 15.2. The maximum absolute atomic E-state index is 7.34. The zero-order chi connectivity index (χ0) is 46.1. The first kappa shape index (κ1) is 39.8. The minimum atomic E-state index is -0.727. The Morgan fingerprint density at radius 1 is 0.435 bits per heavy atom. The summed E-state index contributed by atoms with van der Waals surface area (Å²) in [6.07, 6.45) is 6.28. The molecule has 4 heteroatoms. The molecule has 0 unspecified atom stereocenters. The predicted octanol–water partition coefficient (Wildman–Crippen LogP) is 17.8. The molecule has 0 aliphatic heterocycles. The van der Waals surface area contributed by atoms with E-state index in [1.54, 1.807) is 0 Å². The lowest BCUT2D eigenvalue weighted by molar-refractivity contribution is 0.595. The van der Waals surface area contributed by atoms with Crippen LogP contribution < -0.4 is 9.80 Å². The highest BCUT2D eigenvalue weighted by Gasteiger charge is 2.54. The zero-order valence-corrected chi connectivity index (χ0v) is 39.1. The number of para-hydroxylation sites is 1. The van der Waals surface area contributed by atoms with Gasteiger partial charge in [-0.1, -0.05) is 144 Å². The number of allylic oxidation sites excluding steroid dienone is 1. The number of fused-ring (bicyclic) bond motifs is 18. The molecule has 9 aromatic carbocycles. The molecule has 0 fully saturated rings. The normalized spacial score (nSPS) is 13.7. The van der Waals surface area contributed by atoms with Crippen LogP contribution in [0.4, 0.5) is 34.1 Å². The molecule has 0 saturated carbocycles. The van der Waals surface area contributed by atoms with E-state index >= 15 is 0 Å². The van der Waals surface area contributed by atoms with Gasteiger partial charge in [-0.3, -0.25) is 0 Å². The van der Waals surface area contributed by atoms with Gasteiger partial charge in [0.05, 0.1) is 16.8 Å². The molecule has 0 saturated heterocycles. The van der Waals surface area contributed by atoms with Gasteiger partial charge in [0.2, 0.25) is 0 Å². The number of nitrogens with zero attached hydrogens (tertiary/aromatic N) is 2. The zero-order valence-electron chi connectivity index (χ0n) is 39.1. The molecular weight excluding hydrogens is 841 g/mol. The number of benzene rings is 9. The van der Waals surface area contributed by atoms with Crippen molar-refractivity contribution in [3.8, 4) is 22.3 Å². The molecule has 2 heterocycles. The molecule has 2 aromatic heterocycles. The maximum atomic E-state index is 7.34. The lowest BCUT2D eigenvalue weighted by Crippen LogP contribution is -2.26. The SMILES string of the molecule is Cc1ccc(N(c2ccc(C)cc2)c2cc3c(c4c5c(oc24)C=CCC5)-c2c(cc(N(c4ccc(C)cc4)c4ccc(C)cc4)c4oc5ccccc5c24)C32c3ccccc3-c3ccccc32)cc1. The van der Waals surface area contributed by atoms with E-state index in [4.69, 9.17) is 8.83 Å². The Hall–Kier alpha value is -8.34. The summed E-state index contributed by atoms with van der Waals surface area (Å²) in [5, 5.41) is 3.39. The van der Waals surface area contributed by atoms with Gasteiger partial charge >= 0.3 is 0 Å². The number of aryl methyl sites for hydroxylation is 5. The summed E-state index contributed by atoms with van der Waals surface area (Å²) >= 11 is 0. The van der Waals surface area contributed by atoms with Crippen LogP contribution in [0.15, 0.2) is 197 Å². The second kappa shape index (κ2) is 14.8. The lowest BCUT2D eigenvalue weighted by Gasteiger charge is -2.33. The van der Waals surface area contributed by atoms with Crippen LogP contribution in [-0.2, 0) is 11.8 Å². The van der Waals surface area contributed by atoms with Gasteiger partial charge in [-0.2, -0.15) is 0 Å². The molecule has 3 aliphatic carbocycles. The fraction of sp³-hybridized carbons (Fsp3) is 0.108. The van der Waals surface area contributed by atoms with E-state index in [1.807, 2.05) is 0 Å². The third-order valence-corrected chi connectivity index (χ3v) is 15.2. The van der Waals surface area contributed by atoms with Gasteiger partial charge in [0.25, 0.3) is 0 Å². The molecular formula is C65H48N2O2. The van der Waals surface area contributed by atoms with Gasteiger partial charge < -0.3 is 18.6 Å². The average molecular weight is 889 g/mol. The van der Waals surface area contributed by atoms with Crippen molar-refractivity contribution in [3.05, 3.63) is 244 Å². The third kappa shape index (κ3) is 5.63. The number of furan rings is 2. The van der Waals surface area contributed by atoms with E-state index in [2.05, 4.69) is 232 Å². The Labute approximate surface area is 402 Å². The summed E-state index contributed by atoms with van der Waals surface area (Å²) in [5.74, 6) is 0.934. The summed E-state index contributed by atoms with van der Waals surface area (Å²) in [6, 6.07) is 67.6. The Morgan fingerprint density at radius 2 is 0.870 bits per heavy atom. The average Bonchev–Trinajstić information content (AvgIpc) is 4.12.